The molecule has 2 aromatic carbocycles. The quantitative estimate of drug-likeness (QED) is 0.598. The summed E-state index contributed by atoms with van der Waals surface area (Å²) in [5.41, 5.74) is 6.14. The molecule has 2 unspecified atom stereocenters. The number of aryl methyl sites for hydroxylation is 2. The van der Waals surface area contributed by atoms with Gasteiger partial charge < -0.3 is 15.1 Å². The van der Waals surface area contributed by atoms with Crippen molar-refractivity contribution in [2.75, 3.05) is 0 Å². The molecule has 0 aromatic heterocycles. The third-order valence-electron chi connectivity index (χ3n) is 7.56. The number of nitrogens with zero attached hydrogens (tertiary/aromatic N) is 2. The minimum Gasteiger partial charge on any atom is -0.329 e. The van der Waals surface area contributed by atoms with Crippen LogP contribution in [0.15, 0.2) is 48.7 Å². The number of allylic oxidation sites excluding steroid dienone is 1. The van der Waals surface area contributed by atoms with Crippen LogP contribution in [0, 0.1) is 13.8 Å². The summed E-state index contributed by atoms with van der Waals surface area (Å²) in [5.74, 6) is -0.889. The summed E-state index contributed by atoms with van der Waals surface area (Å²) < 4.78 is 0. The van der Waals surface area contributed by atoms with E-state index < -0.39 is 6.04 Å². The molecule has 2 saturated heterocycles. The van der Waals surface area contributed by atoms with E-state index in [1.165, 1.54) is 0 Å². The number of rotatable bonds is 2. The average molecular weight is 515 g/mol. The van der Waals surface area contributed by atoms with Crippen LogP contribution >= 0.6 is 0 Å². The Balaban J connectivity index is 0.000000155. The van der Waals surface area contributed by atoms with Gasteiger partial charge in [0.1, 0.15) is 12.1 Å². The van der Waals surface area contributed by atoms with Crippen LogP contribution < -0.4 is 10.6 Å². The van der Waals surface area contributed by atoms with Crippen molar-refractivity contribution in [2.24, 2.45) is 0 Å². The number of hydrogen-bond donors (Lipinski definition) is 2. The summed E-state index contributed by atoms with van der Waals surface area (Å²) in [6.07, 6.45) is 2.08. The van der Waals surface area contributed by atoms with E-state index in [2.05, 4.69) is 17.2 Å². The van der Waals surface area contributed by atoms with Gasteiger partial charge in [0.2, 0.25) is 17.7 Å². The summed E-state index contributed by atoms with van der Waals surface area (Å²) in [6.45, 7) is 8.60. The molecule has 0 aliphatic carbocycles. The summed E-state index contributed by atoms with van der Waals surface area (Å²) in [7, 11) is 0. The molecule has 38 heavy (non-hydrogen) atoms. The molecular formula is C29H30N4O5. The second kappa shape index (κ2) is 9.89. The first kappa shape index (κ1) is 25.4. The molecule has 5 amide bonds. The Labute approximate surface area is 220 Å². The predicted molar refractivity (Wildman–Crippen MR) is 139 cm³/mol. The average Bonchev–Trinajstić information content (AvgIpc) is 3.37. The smallest absolute Gasteiger partial charge is 0.255 e. The Kier molecular flexibility index (Phi) is 6.60. The number of amides is 5. The van der Waals surface area contributed by atoms with Gasteiger partial charge in [-0.1, -0.05) is 42.5 Å². The van der Waals surface area contributed by atoms with Crippen LogP contribution in [-0.2, 0) is 27.5 Å². The number of nitrogens with one attached hydrogen (secondary N) is 2. The lowest BCUT2D eigenvalue weighted by molar-refractivity contribution is -0.137. The first-order valence-corrected chi connectivity index (χ1v) is 12.8. The number of benzene rings is 2. The van der Waals surface area contributed by atoms with E-state index in [-0.39, 0.29) is 42.0 Å². The second-order valence-electron chi connectivity index (χ2n) is 10.2. The van der Waals surface area contributed by atoms with Crippen molar-refractivity contribution in [1.29, 1.82) is 0 Å². The van der Waals surface area contributed by atoms with Crippen LogP contribution in [0.4, 0.5) is 0 Å². The lowest BCUT2D eigenvalue weighted by Gasteiger charge is -2.31. The molecule has 9 nitrogen and oxygen atoms in total. The minimum atomic E-state index is -0.530. The largest absolute Gasteiger partial charge is 0.329 e. The van der Waals surface area contributed by atoms with Gasteiger partial charge >= 0.3 is 0 Å². The standard InChI is InChI=1S/C15H16N2O2.C14H14N2O3/c1-9-4-3-5-11-8-17(15(19)13(9)11)12-7-6-10(2)16-14(12)18;1-8-2-3-9-7-16(14(19)10(9)6-8)11-4-5-12(17)15-13(11)18/h3-5,12H,2,6-8H2,1H3,(H,16,18);2-3,6,11H,4-5,7H2,1H3,(H,15,17,18). The molecule has 0 spiro atoms. The molecule has 2 atom stereocenters. The topological polar surface area (TPSA) is 116 Å². The molecule has 0 bridgehead atoms. The molecular weight excluding hydrogens is 484 g/mol. The van der Waals surface area contributed by atoms with Gasteiger partial charge in [-0.25, -0.2) is 0 Å². The third-order valence-corrected chi connectivity index (χ3v) is 7.56. The lowest BCUT2D eigenvalue weighted by atomic mass is 10.0. The molecule has 2 aromatic rings. The number of carbonyl (C=O) groups is 5. The summed E-state index contributed by atoms with van der Waals surface area (Å²) in [5, 5.41) is 5.03. The summed E-state index contributed by atoms with van der Waals surface area (Å²) >= 11 is 0. The van der Waals surface area contributed by atoms with E-state index >= 15 is 0 Å². The monoisotopic (exact) mass is 514 g/mol. The molecule has 4 heterocycles. The second-order valence-corrected chi connectivity index (χ2v) is 10.2. The van der Waals surface area contributed by atoms with E-state index in [0.29, 0.717) is 31.5 Å². The normalized spacial score (nSPS) is 22.5. The van der Waals surface area contributed by atoms with Crippen LogP contribution in [-0.4, -0.2) is 51.4 Å². The summed E-state index contributed by atoms with van der Waals surface area (Å²) in [4.78, 5) is 63.0. The fraction of sp³-hybridized carbons (Fsp3) is 0.345. The highest BCUT2D eigenvalue weighted by atomic mass is 16.2. The zero-order chi connectivity index (χ0) is 27.1. The van der Waals surface area contributed by atoms with Gasteiger partial charge in [-0.15, -0.1) is 0 Å². The molecule has 2 fully saturated rings. The van der Waals surface area contributed by atoms with Crippen LogP contribution in [0.2, 0.25) is 0 Å². The third kappa shape index (κ3) is 4.60. The molecule has 196 valence electrons. The van der Waals surface area contributed by atoms with Crippen molar-refractivity contribution in [2.45, 2.75) is 64.7 Å². The van der Waals surface area contributed by atoms with Crippen molar-refractivity contribution in [3.05, 3.63) is 82.1 Å². The Morgan fingerprint density at radius 1 is 0.789 bits per heavy atom. The van der Waals surface area contributed by atoms with E-state index in [1.807, 2.05) is 50.2 Å². The van der Waals surface area contributed by atoms with Crippen molar-refractivity contribution in [1.82, 2.24) is 20.4 Å². The van der Waals surface area contributed by atoms with Crippen LogP contribution in [0.3, 0.4) is 0 Å². The van der Waals surface area contributed by atoms with Gasteiger partial charge in [-0.2, -0.15) is 0 Å². The molecule has 0 radical (unpaired) electrons. The first-order chi connectivity index (χ1) is 18.1. The zero-order valence-corrected chi connectivity index (χ0v) is 21.5. The minimum absolute atomic E-state index is 0.0271. The van der Waals surface area contributed by atoms with Gasteiger partial charge in [-0.3, -0.25) is 29.3 Å². The Morgan fingerprint density at radius 3 is 2.13 bits per heavy atom. The van der Waals surface area contributed by atoms with Crippen molar-refractivity contribution in [3.63, 3.8) is 0 Å². The molecule has 4 aliphatic heterocycles. The molecule has 4 aliphatic rings. The fourth-order valence-corrected chi connectivity index (χ4v) is 5.54. The van der Waals surface area contributed by atoms with Crippen molar-refractivity contribution >= 4 is 29.5 Å². The molecule has 0 saturated carbocycles. The molecule has 9 heteroatoms. The number of imide groups is 1. The number of hydrogen-bond acceptors (Lipinski definition) is 5. The predicted octanol–water partition coefficient (Wildman–Crippen LogP) is 2.50. The lowest BCUT2D eigenvalue weighted by Crippen LogP contribution is -2.52. The number of carbonyl (C=O) groups excluding carboxylic acids is 5. The zero-order valence-electron chi connectivity index (χ0n) is 21.5. The highest BCUT2D eigenvalue weighted by Crippen LogP contribution is 2.30. The Hall–Kier alpha value is -4.27. The van der Waals surface area contributed by atoms with Gasteiger partial charge in [0.15, 0.2) is 0 Å². The maximum atomic E-state index is 12.5. The van der Waals surface area contributed by atoms with Gasteiger partial charge in [-0.05, 0) is 55.9 Å². The number of piperidine rings is 2. The fourth-order valence-electron chi connectivity index (χ4n) is 5.54. The van der Waals surface area contributed by atoms with Crippen LogP contribution in [0.25, 0.3) is 0 Å². The van der Waals surface area contributed by atoms with E-state index in [0.717, 1.165) is 39.9 Å². The highest BCUT2D eigenvalue weighted by molar-refractivity contribution is 6.05. The van der Waals surface area contributed by atoms with Crippen molar-refractivity contribution in [3.8, 4) is 0 Å². The van der Waals surface area contributed by atoms with E-state index in [1.54, 1.807) is 9.80 Å². The summed E-state index contributed by atoms with van der Waals surface area (Å²) in [6, 6.07) is 10.7. The maximum Gasteiger partial charge on any atom is 0.255 e. The van der Waals surface area contributed by atoms with Crippen molar-refractivity contribution < 1.29 is 24.0 Å². The maximum absolute atomic E-state index is 12.5. The SMILES string of the molecule is C=C1CCC(N2Cc3cccc(C)c3C2=O)C(=O)N1.Cc1ccc2c(c1)C(=O)N(C1CCC(=O)NC1=O)C2. The Bertz CT molecular complexity index is 1400. The van der Waals surface area contributed by atoms with E-state index in [4.69, 9.17) is 0 Å². The van der Waals surface area contributed by atoms with Gasteiger partial charge in [0.25, 0.3) is 11.8 Å². The highest BCUT2D eigenvalue weighted by Gasteiger charge is 2.40. The molecule has 2 N–H and O–H groups in total. The molecule has 6 rings (SSSR count). The van der Waals surface area contributed by atoms with Crippen LogP contribution in [0.1, 0.15) is 68.7 Å². The first-order valence-electron chi connectivity index (χ1n) is 12.8. The Morgan fingerprint density at radius 2 is 1.45 bits per heavy atom. The van der Waals surface area contributed by atoms with Crippen LogP contribution in [0.5, 0.6) is 0 Å². The number of fused-ring (bicyclic) bond motifs is 2. The van der Waals surface area contributed by atoms with Gasteiger partial charge in [0, 0.05) is 36.3 Å². The van der Waals surface area contributed by atoms with E-state index in [9.17, 15) is 24.0 Å². The van der Waals surface area contributed by atoms with Gasteiger partial charge in [0.05, 0.1) is 0 Å².